The number of hydrogen-bond donors (Lipinski definition) is 2. The first-order valence-corrected chi connectivity index (χ1v) is 9.23. The van der Waals surface area contributed by atoms with Crippen LogP contribution in [0.4, 0.5) is 0 Å². The lowest BCUT2D eigenvalue weighted by Gasteiger charge is -2.26. The molecule has 0 bridgehead atoms. The summed E-state index contributed by atoms with van der Waals surface area (Å²) in [6, 6.07) is 5.76. The molecule has 1 heterocycles. The van der Waals surface area contributed by atoms with Crippen LogP contribution in [0.5, 0.6) is 0 Å². The number of nitrogens with zero attached hydrogens (tertiary/aromatic N) is 1. The number of likely N-dealkylation sites (N-methyl/N-ethyl adjacent to an activating group) is 1. The number of nitrogens with one attached hydrogen (secondary N) is 2. The second kappa shape index (κ2) is 8.75. The van der Waals surface area contributed by atoms with Crippen molar-refractivity contribution in [1.29, 1.82) is 0 Å². The minimum Gasteiger partial charge on any atom is -0.379 e. The Morgan fingerprint density at radius 2 is 1.84 bits per heavy atom. The van der Waals surface area contributed by atoms with E-state index < -0.39 is 10.0 Å². The standard InChI is InChI=1S/C16H21N3O5S/c1-17-15(20)3-2-8-18-16(21)13-4-6-14(7-5-13)25(22,23)19-9-11-24-12-10-19/h2-7H,8-12H2,1H3,(H,17,20)(H,18,21)/b3-2+. The van der Waals surface area contributed by atoms with E-state index in [4.69, 9.17) is 4.74 Å². The molecule has 136 valence electrons. The van der Waals surface area contributed by atoms with Crippen molar-refractivity contribution >= 4 is 21.8 Å². The Labute approximate surface area is 146 Å². The maximum Gasteiger partial charge on any atom is 0.251 e. The molecule has 1 saturated heterocycles. The second-order valence-electron chi connectivity index (χ2n) is 5.27. The number of amides is 2. The first-order chi connectivity index (χ1) is 11.9. The highest BCUT2D eigenvalue weighted by atomic mass is 32.2. The van der Waals surface area contributed by atoms with Gasteiger partial charge >= 0.3 is 0 Å². The quantitative estimate of drug-likeness (QED) is 0.674. The predicted molar refractivity (Wildman–Crippen MR) is 91.6 cm³/mol. The highest BCUT2D eigenvalue weighted by molar-refractivity contribution is 7.89. The topological polar surface area (TPSA) is 105 Å². The molecule has 1 fully saturated rings. The first kappa shape index (κ1) is 19.1. The third kappa shape index (κ3) is 5.12. The average Bonchev–Trinajstić information content (AvgIpc) is 2.65. The van der Waals surface area contributed by atoms with E-state index in [0.717, 1.165) is 0 Å². The minimum absolute atomic E-state index is 0.144. The molecule has 0 spiro atoms. The van der Waals surface area contributed by atoms with E-state index in [1.54, 1.807) is 0 Å². The lowest BCUT2D eigenvalue weighted by molar-refractivity contribution is -0.116. The van der Waals surface area contributed by atoms with Crippen LogP contribution in [0.1, 0.15) is 10.4 Å². The summed E-state index contributed by atoms with van der Waals surface area (Å²) in [6.45, 7) is 1.59. The van der Waals surface area contributed by atoms with E-state index in [9.17, 15) is 18.0 Å². The van der Waals surface area contributed by atoms with Crippen molar-refractivity contribution < 1.29 is 22.7 Å². The van der Waals surface area contributed by atoms with E-state index in [1.807, 2.05) is 0 Å². The fraction of sp³-hybridized carbons (Fsp3) is 0.375. The summed E-state index contributed by atoms with van der Waals surface area (Å²) >= 11 is 0. The van der Waals surface area contributed by atoms with Gasteiger partial charge in [0.15, 0.2) is 0 Å². The van der Waals surface area contributed by atoms with Crippen LogP contribution in [0.25, 0.3) is 0 Å². The van der Waals surface area contributed by atoms with E-state index in [2.05, 4.69) is 10.6 Å². The third-order valence-corrected chi connectivity index (χ3v) is 5.53. The molecule has 1 aliphatic rings. The summed E-state index contributed by atoms with van der Waals surface area (Å²) < 4.78 is 31.5. The van der Waals surface area contributed by atoms with Gasteiger partial charge in [0.2, 0.25) is 15.9 Å². The minimum atomic E-state index is -3.57. The van der Waals surface area contributed by atoms with Crippen LogP contribution >= 0.6 is 0 Å². The summed E-state index contributed by atoms with van der Waals surface area (Å²) in [6.07, 6.45) is 2.84. The van der Waals surface area contributed by atoms with E-state index in [-0.39, 0.29) is 23.3 Å². The fourth-order valence-corrected chi connectivity index (χ4v) is 3.63. The van der Waals surface area contributed by atoms with Gasteiger partial charge in [-0.1, -0.05) is 6.08 Å². The smallest absolute Gasteiger partial charge is 0.251 e. The highest BCUT2D eigenvalue weighted by Gasteiger charge is 2.26. The second-order valence-corrected chi connectivity index (χ2v) is 7.21. The van der Waals surface area contributed by atoms with Crippen molar-refractivity contribution in [3.05, 3.63) is 42.0 Å². The van der Waals surface area contributed by atoms with Gasteiger partial charge in [-0.25, -0.2) is 8.42 Å². The summed E-state index contributed by atoms with van der Waals surface area (Å²) in [5.74, 6) is -0.608. The summed E-state index contributed by atoms with van der Waals surface area (Å²) in [7, 11) is -2.06. The Balaban J connectivity index is 1.98. The van der Waals surface area contributed by atoms with Gasteiger partial charge in [-0.15, -0.1) is 0 Å². The number of ether oxygens (including phenoxy) is 1. The van der Waals surface area contributed by atoms with Crippen LogP contribution in [0.3, 0.4) is 0 Å². The third-order valence-electron chi connectivity index (χ3n) is 3.62. The number of hydrogen-bond acceptors (Lipinski definition) is 5. The summed E-state index contributed by atoms with van der Waals surface area (Å²) in [5, 5.41) is 5.04. The van der Waals surface area contributed by atoms with Crippen molar-refractivity contribution in [3.63, 3.8) is 0 Å². The molecule has 0 saturated carbocycles. The van der Waals surface area contributed by atoms with Crippen LogP contribution < -0.4 is 10.6 Å². The Hall–Kier alpha value is -2.23. The zero-order valence-electron chi connectivity index (χ0n) is 13.9. The van der Waals surface area contributed by atoms with Crippen LogP contribution in [0.15, 0.2) is 41.3 Å². The number of morpholine rings is 1. The molecule has 1 aromatic carbocycles. The van der Waals surface area contributed by atoms with Gasteiger partial charge in [0.1, 0.15) is 0 Å². The first-order valence-electron chi connectivity index (χ1n) is 7.79. The Bertz CT molecular complexity index is 738. The SMILES string of the molecule is CNC(=O)/C=C/CNC(=O)c1ccc(S(=O)(=O)N2CCOCC2)cc1. The van der Waals surface area contributed by atoms with Gasteiger partial charge in [-0.05, 0) is 24.3 Å². The van der Waals surface area contributed by atoms with Gasteiger partial charge in [0.25, 0.3) is 5.91 Å². The zero-order valence-corrected chi connectivity index (χ0v) is 14.7. The number of benzene rings is 1. The normalized spacial score (nSPS) is 15.9. The molecule has 1 aliphatic heterocycles. The van der Waals surface area contributed by atoms with Gasteiger partial charge < -0.3 is 15.4 Å². The molecule has 8 nitrogen and oxygen atoms in total. The van der Waals surface area contributed by atoms with Crippen molar-refractivity contribution in [2.45, 2.75) is 4.90 Å². The Kier molecular flexibility index (Phi) is 6.68. The number of sulfonamides is 1. The molecular formula is C16H21N3O5S. The molecular weight excluding hydrogens is 346 g/mol. The average molecular weight is 367 g/mol. The monoisotopic (exact) mass is 367 g/mol. The highest BCUT2D eigenvalue weighted by Crippen LogP contribution is 2.17. The number of rotatable bonds is 6. The van der Waals surface area contributed by atoms with Gasteiger partial charge in [0.05, 0.1) is 18.1 Å². The van der Waals surface area contributed by atoms with Crippen LogP contribution in [-0.4, -0.2) is 64.4 Å². The van der Waals surface area contributed by atoms with E-state index >= 15 is 0 Å². The maximum atomic E-state index is 12.5. The molecule has 9 heteroatoms. The number of carbonyl (C=O) groups excluding carboxylic acids is 2. The largest absolute Gasteiger partial charge is 0.379 e. The molecule has 2 amide bonds. The summed E-state index contributed by atoms with van der Waals surface area (Å²) in [5.41, 5.74) is 0.342. The molecule has 0 atom stereocenters. The Morgan fingerprint density at radius 1 is 1.20 bits per heavy atom. The van der Waals surface area contributed by atoms with Crippen molar-refractivity contribution in [2.24, 2.45) is 0 Å². The van der Waals surface area contributed by atoms with Crippen molar-refractivity contribution in [3.8, 4) is 0 Å². The number of carbonyl (C=O) groups is 2. The predicted octanol–water partition coefficient (Wildman–Crippen LogP) is -0.260. The van der Waals surface area contributed by atoms with Crippen LogP contribution in [0, 0.1) is 0 Å². The van der Waals surface area contributed by atoms with Gasteiger partial charge in [0, 0.05) is 38.3 Å². The van der Waals surface area contributed by atoms with Crippen molar-refractivity contribution in [2.75, 3.05) is 39.9 Å². The molecule has 25 heavy (non-hydrogen) atoms. The maximum absolute atomic E-state index is 12.5. The Morgan fingerprint density at radius 3 is 2.44 bits per heavy atom. The van der Waals surface area contributed by atoms with E-state index in [0.29, 0.717) is 31.9 Å². The van der Waals surface area contributed by atoms with E-state index in [1.165, 1.54) is 47.8 Å². The lowest BCUT2D eigenvalue weighted by Crippen LogP contribution is -2.40. The molecule has 0 unspecified atom stereocenters. The van der Waals surface area contributed by atoms with Gasteiger partial charge in [-0.2, -0.15) is 4.31 Å². The van der Waals surface area contributed by atoms with Crippen LogP contribution in [0.2, 0.25) is 0 Å². The van der Waals surface area contributed by atoms with Crippen LogP contribution in [-0.2, 0) is 19.6 Å². The molecule has 2 N–H and O–H groups in total. The molecule has 0 aromatic heterocycles. The van der Waals surface area contributed by atoms with Gasteiger partial charge in [-0.3, -0.25) is 9.59 Å². The lowest BCUT2D eigenvalue weighted by atomic mass is 10.2. The summed E-state index contributed by atoms with van der Waals surface area (Å²) in [4.78, 5) is 23.2. The molecule has 0 radical (unpaired) electrons. The zero-order chi connectivity index (χ0) is 18.3. The fourth-order valence-electron chi connectivity index (χ4n) is 2.22. The molecule has 2 rings (SSSR count). The molecule has 0 aliphatic carbocycles. The van der Waals surface area contributed by atoms with Crippen molar-refractivity contribution in [1.82, 2.24) is 14.9 Å². The molecule has 1 aromatic rings.